The number of methoxy groups -OCH3 is 1. The summed E-state index contributed by atoms with van der Waals surface area (Å²) >= 11 is 0. The Hall–Kier alpha value is -2.41. The maximum absolute atomic E-state index is 5.56. The third-order valence-corrected chi connectivity index (χ3v) is 4.93. The van der Waals surface area contributed by atoms with Crippen molar-refractivity contribution in [3.05, 3.63) is 65.5 Å². The Morgan fingerprint density at radius 2 is 2.07 bits per heavy atom. The zero-order chi connectivity index (χ0) is 18.6. The highest BCUT2D eigenvalue weighted by molar-refractivity contribution is 5.85. The fourth-order valence-electron chi connectivity index (χ4n) is 3.58. The first-order valence-electron chi connectivity index (χ1n) is 9.22. The molecule has 0 saturated carbocycles. The fraction of sp³-hybridized carbons (Fsp3) is 0.333. The third kappa shape index (κ3) is 4.35. The number of benzene rings is 2. The van der Waals surface area contributed by atoms with E-state index in [9.17, 15) is 0 Å². The van der Waals surface area contributed by atoms with E-state index in [1.54, 1.807) is 7.11 Å². The molecule has 1 saturated heterocycles. The second-order valence-corrected chi connectivity index (χ2v) is 6.81. The second-order valence-electron chi connectivity index (χ2n) is 6.81. The largest absolute Gasteiger partial charge is 0.496 e. The molecule has 1 aliphatic rings. The van der Waals surface area contributed by atoms with E-state index in [1.165, 1.54) is 11.1 Å². The molecule has 4 rings (SSSR count). The maximum Gasteiger partial charge on any atom is 0.241 e. The number of para-hydroxylation sites is 1. The van der Waals surface area contributed by atoms with Gasteiger partial charge < -0.3 is 14.6 Å². The van der Waals surface area contributed by atoms with E-state index in [4.69, 9.17) is 9.26 Å². The van der Waals surface area contributed by atoms with E-state index >= 15 is 0 Å². The number of ether oxygens (including phenoxy) is 1. The van der Waals surface area contributed by atoms with Gasteiger partial charge in [0.05, 0.1) is 19.7 Å². The number of piperazine rings is 1. The molecule has 2 heterocycles. The summed E-state index contributed by atoms with van der Waals surface area (Å²) in [6.07, 6.45) is 0. The van der Waals surface area contributed by atoms with Gasteiger partial charge in [-0.25, -0.2) is 0 Å². The minimum absolute atomic E-state index is 0. The van der Waals surface area contributed by atoms with E-state index in [-0.39, 0.29) is 18.4 Å². The van der Waals surface area contributed by atoms with Crippen LogP contribution in [0.5, 0.6) is 5.75 Å². The Balaban J connectivity index is 0.00000225. The van der Waals surface area contributed by atoms with Crippen LogP contribution in [0.25, 0.3) is 11.4 Å². The summed E-state index contributed by atoms with van der Waals surface area (Å²) in [4.78, 5) is 6.98. The first-order valence-corrected chi connectivity index (χ1v) is 9.22. The number of hydrogen-bond donors (Lipinski definition) is 1. The molecule has 0 radical (unpaired) electrons. The highest BCUT2D eigenvalue weighted by atomic mass is 35.5. The van der Waals surface area contributed by atoms with Gasteiger partial charge in [-0.3, -0.25) is 4.90 Å². The van der Waals surface area contributed by atoms with Crippen LogP contribution in [0.4, 0.5) is 0 Å². The van der Waals surface area contributed by atoms with Gasteiger partial charge in [-0.1, -0.05) is 47.1 Å². The molecule has 148 valence electrons. The van der Waals surface area contributed by atoms with Gasteiger partial charge in [0.1, 0.15) is 5.75 Å². The van der Waals surface area contributed by atoms with Crippen molar-refractivity contribution in [3.63, 3.8) is 0 Å². The monoisotopic (exact) mass is 400 g/mol. The van der Waals surface area contributed by atoms with Gasteiger partial charge in [-0.15, -0.1) is 12.4 Å². The third-order valence-electron chi connectivity index (χ3n) is 4.93. The molecule has 6 nitrogen and oxygen atoms in total. The molecule has 28 heavy (non-hydrogen) atoms. The molecule has 0 aliphatic carbocycles. The van der Waals surface area contributed by atoms with Crippen LogP contribution in [0.1, 0.15) is 23.1 Å². The lowest BCUT2D eigenvalue weighted by molar-refractivity contribution is 0.133. The SMILES string of the molecule is COc1ccccc1C1CNCCN1Cc1nc(-c2cccc(C)c2)no1.Cl. The number of nitrogens with one attached hydrogen (secondary N) is 1. The van der Waals surface area contributed by atoms with Gasteiger partial charge in [0.15, 0.2) is 0 Å². The van der Waals surface area contributed by atoms with Gasteiger partial charge in [0.2, 0.25) is 11.7 Å². The molecular formula is C21H25ClN4O2. The number of halogens is 1. The van der Waals surface area contributed by atoms with E-state index in [0.717, 1.165) is 30.9 Å². The van der Waals surface area contributed by atoms with Crippen LogP contribution < -0.4 is 10.1 Å². The Labute approximate surface area is 171 Å². The molecule has 3 aromatic rings. The van der Waals surface area contributed by atoms with E-state index in [2.05, 4.69) is 45.5 Å². The molecule has 1 fully saturated rings. The van der Waals surface area contributed by atoms with Crippen molar-refractivity contribution in [3.8, 4) is 17.1 Å². The predicted octanol–water partition coefficient (Wildman–Crippen LogP) is 3.62. The second kappa shape index (κ2) is 9.19. The van der Waals surface area contributed by atoms with Crippen LogP contribution in [0, 0.1) is 6.92 Å². The van der Waals surface area contributed by atoms with Gasteiger partial charge in [0, 0.05) is 30.8 Å². The van der Waals surface area contributed by atoms with Crippen molar-refractivity contribution in [2.75, 3.05) is 26.7 Å². The Bertz CT molecular complexity index is 915. The summed E-state index contributed by atoms with van der Waals surface area (Å²) in [6.45, 7) is 5.38. The van der Waals surface area contributed by atoms with Crippen LogP contribution in [0.15, 0.2) is 53.1 Å². The summed E-state index contributed by atoms with van der Waals surface area (Å²) in [5.74, 6) is 2.17. The quantitative estimate of drug-likeness (QED) is 0.705. The minimum atomic E-state index is 0. The van der Waals surface area contributed by atoms with Crippen LogP contribution in [0.3, 0.4) is 0 Å². The number of nitrogens with zero attached hydrogens (tertiary/aromatic N) is 3. The first-order chi connectivity index (χ1) is 13.2. The van der Waals surface area contributed by atoms with Gasteiger partial charge in [0.25, 0.3) is 0 Å². The molecule has 0 spiro atoms. The van der Waals surface area contributed by atoms with Crippen molar-refractivity contribution in [2.45, 2.75) is 19.5 Å². The molecule has 1 unspecified atom stereocenters. The topological polar surface area (TPSA) is 63.4 Å². The maximum atomic E-state index is 5.56. The van der Waals surface area contributed by atoms with Crippen molar-refractivity contribution < 1.29 is 9.26 Å². The molecule has 1 atom stereocenters. The van der Waals surface area contributed by atoms with Gasteiger partial charge in [-0.2, -0.15) is 4.98 Å². The molecular weight excluding hydrogens is 376 g/mol. The van der Waals surface area contributed by atoms with Crippen LogP contribution >= 0.6 is 12.4 Å². The molecule has 0 bridgehead atoms. The summed E-state index contributed by atoms with van der Waals surface area (Å²) < 4.78 is 11.1. The highest BCUT2D eigenvalue weighted by Gasteiger charge is 2.27. The lowest BCUT2D eigenvalue weighted by Crippen LogP contribution is -2.45. The van der Waals surface area contributed by atoms with Crippen molar-refractivity contribution in [2.24, 2.45) is 0 Å². The lowest BCUT2D eigenvalue weighted by atomic mass is 10.0. The lowest BCUT2D eigenvalue weighted by Gasteiger charge is -2.36. The zero-order valence-electron chi connectivity index (χ0n) is 16.1. The van der Waals surface area contributed by atoms with Crippen LogP contribution in [-0.4, -0.2) is 41.8 Å². The molecule has 2 aromatic carbocycles. The van der Waals surface area contributed by atoms with Crippen molar-refractivity contribution in [1.82, 2.24) is 20.4 Å². The average molecular weight is 401 g/mol. The Morgan fingerprint density at radius 3 is 2.89 bits per heavy atom. The number of aryl methyl sites for hydroxylation is 1. The summed E-state index contributed by atoms with van der Waals surface area (Å²) in [5, 5.41) is 7.65. The summed E-state index contributed by atoms with van der Waals surface area (Å²) in [6, 6.07) is 16.5. The van der Waals surface area contributed by atoms with E-state index in [1.807, 2.05) is 30.3 Å². The molecule has 1 N–H and O–H groups in total. The summed E-state index contributed by atoms with van der Waals surface area (Å²) in [5.41, 5.74) is 3.33. The smallest absolute Gasteiger partial charge is 0.241 e. The van der Waals surface area contributed by atoms with Gasteiger partial charge >= 0.3 is 0 Å². The van der Waals surface area contributed by atoms with Crippen LogP contribution in [0.2, 0.25) is 0 Å². The fourth-order valence-corrected chi connectivity index (χ4v) is 3.58. The Morgan fingerprint density at radius 1 is 1.21 bits per heavy atom. The van der Waals surface area contributed by atoms with E-state index in [0.29, 0.717) is 18.3 Å². The zero-order valence-corrected chi connectivity index (χ0v) is 16.9. The number of rotatable bonds is 5. The van der Waals surface area contributed by atoms with Crippen molar-refractivity contribution in [1.29, 1.82) is 0 Å². The standard InChI is InChI=1S/C21H24N4O2.ClH/c1-15-6-5-7-16(12-15)21-23-20(27-24-21)14-25-11-10-22-13-18(25)17-8-3-4-9-19(17)26-2;/h3-9,12,18,22H,10-11,13-14H2,1-2H3;1H. The highest BCUT2D eigenvalue weighted by Crippen LogP contribution is 2.31. The van der Waals surface area contributed by atoms with Gasteiger partial charge in [-0.05, 0) is 19.1 Å². The number of aromatic nitrogens is 2. The number of hydrogen-bond acceptors (Lipinski definition) is 6. The molecule has 1 aromatic heterocycles. The van der Waals surface area contributed by atoms with E-state index < -0.39 is 0 Å². The van der Waals surface area contributed by atoms with Crippen LogP contribution in [-0.2, 0) is 6.54 Å². The molecule has 0 amide bonds. The molecule has 1 aliphatic heterocycles. The summed E-state index contributed by atoms with van der Waals surface area (Å²) in [7, 11) is 1.71. The molecule has 7 heteroatoms. The Kier molecular flexibility index (Phi) is 6.67. The van der Waals surface area contributed by atoms with Crippen molar-refractivity contribution >= 4 is 12.4 Å². The first kappa shape index (κ1) is 20.3. The minimum Gasteiger partial charge on any atom is -0.496 e. The average Bonchev–Trinajstić information content (AvgIpc) is 3.17. The predicted molar refractivity (Wildman–Crippen MR) is 111 cm³/mol. The normalized spacial score (nSPS) is 17.1.